The molecule has 1 aliphatic carbocycles. The molecular formula is C10H18N4. The maximum absolute atomic E-state index is 5.91. The Bertz CT molecular complexity index is 294. The molecule has 4 heteroatoms. The first-order valence-electron chi connectivity index (χ1n) is 5.45. The Morgan fingerprint density at radius 2 is 2.43 bits per heavy atom. The van der Waals surface area contributed by atoms with Crippen LogP contribution in [-0.4, -0.2) is 21.0 Å². The second kappa shape index (κ2) is 4.09. The minimum Gasteiger partial charge on any atom is -0.328 e. The number of nitrogens with two attached hydrogens (primary N) is 1. The molecule has 2 rings (SSSR count). The summed E-state index contributed by atoms with van der Waals surface area (Å²) in [4.78, 5) is 0. The Hall–Kier alpha value is -0.900. The van der Waals surface area contributed by atoms with Crippen LogP contribution >= 0.6 is 0 Å². The highest BCUT2D eigenvalue weighted by molar-refractivity contribution is 5.07. The first-order valence-corrected chi connectivity index (χ1v) is 5.45. The van der Waals surface area contributed by atoms with Crippen molar-refractivity contribution in [2.24, 2.45) is 5.73 Å². The second-order valence-corrected chi connectivity index (χ2v) is 4.15. The molecule has 1 aromatic rings. The lowest BCUT2D eigenvalue weighted by Gasteiger charge is -2.10. The van der Waals surface area contributed by atoms with Gasteiger partial charge < -0.3 is 5.73 Å². The maximum Gasteiger partial charge on any atom is 0.0728 e. The molecule has 0 aliphatic heterocycles. The molecule has 0 aromatic carbocycles. The highest BCUT2D eigenvalue weighted by Gasteiger charge is 2.25. The summed E-state index contributed by atoms with van der Waals surface area (Å²) in [5, 5.41) is 8.08. The topological polar surface area (TPSA) is 56.7 Å². The molecule has 2 atom stereocenters. The van der Waals surface area contributed by atoms with E-state index in [2.05, 4.69) is 17.2 Å². The van der Waals surface area contributed by atoms with Gasteiger partial charge in [0.1, 0.15) is 0 Å². The molecule has 1 aliphatic rings. The van der Waals surface area contributed by atoms with Gasteiger partial charge in [0.15, 0.2) is 0 Å². The van der Waals surface area contributed by atoms with Gasteiger partial charge in [-0.2, -0.15) is 0 Å². The van der Waals surface area contributed by atoms with Crippen molar-refractivity contribution in [3.8, 4) is 0 Å². The van der Waals surface area contributed by atoms with Gasteiger partial charge in [-0.3, -0.25) is 0 Å². The number of hydrogen-bond donors (Lipinski definition) is 1. The zero-order valence-corrected chi connectivity index (χ0v) is 8.69. The SMILES string of the molecule is CCCn1nncc1C1CCC(N)C1. The molecule has 1 aromatic heterocycles. The Morgan fingerprint density at radius 3 is 3.07 bits per heavy atom. The van der Waals surface area contributed by atoms with Gasteiger partial charge in [0, 0.05) is 18.5 Å². The van der Waals surface area contributed by atoms with E-state index in [1.165, 1.54) is 12.1 Å². The van der Waals surface area contributed by atoms with E-state index in [1.54, 1.807) is 0 Å². The monoisotopic (exact) mass is 194 g/mol. The van der Waals surface area contributed by atoms with Crippen molar-refractivity contribution in [3.63, 3.8) is 0 Å². The van der Waals surface area contributed by atoms with Crippen LogP contribution in [0.4, 0.5) is 0 Å². The third-order valence-electron chi connectivity index (χ3n) is 2.97. The highest BCUT2D eigenvalue weighted by Crippen LogP contribution is 2.32. The zero-order chi connectivity index (χ0) is 9.97. The molecule has 0 spiro atoms. The lowest BCUT2D eigenvalue weighted by Crippen LogP contribution is -2.15. The van der Waals surface area contributed by atoms with Gasteiger partial charge >= 0.3 is 0 Å². The quantitative estimate of drug-likeness (QED) is 0.788. The van der Waals surface area contributed by atoms with E-state index >= 15 is 0 Å². The van der Waals surface area contributed by atoms with Crippen LogP contribution in [0.25, 0.3) is 0 Å². The minimum atomic E-state index is 0.380. The molecule has 78 valence electrons. The average Bonchev–Trinajstić information content (AvgIpc) is 2.74. The van der Waals surface area contributed by atoms with Gasteiger partial charge in [0.05, 0.1) is 11.9 Å². The van der Waals surface area contributed by atoms with E-state index < -0.39 is 0 Å². The standard InChI is InChI=1S/C10H18N4/c1-2-5-14-10(7-12-13-14)8-3-4-9(11)6-8/h7-9H,2-6,11H2,1H3. The molecular weight excluding hydrogens is 176 g/mol. The van der Waals surface area contributed by atoms with Gasteiger partial charge in [-0.15, -0.1) is 5.10 Å². The Kier molecular flexibility index (Phi) is 2.82. The smallest absolute Gasteiger partial charge is 0.0728 e. The van der Waals surface area contributed by atoms with Crippen LogP contribution in [-0.2, 0) is 6.54 Å². The zero-order valence-electron chi connectivity index (χ0n) is 8.69. The third-order valence-corrected chi connectivity index (χ3v) is 2.97. The Balaban J connectivity index is 2.11. The Labute approximate surface area is 84.5 Å². The summed E-state index contributed by atoms with van der Waals surface area (Å²) in [5.41, 5.74) is 7.18. The van der Waals surface area contributed by atoms with Gasteiger partial charge in [-0.25, -0.2) is 4.68 Å². The lowest BCUT2D eigenvalue weighted by atomic mass is 10.0. The molecule has 0 radical (unpaired) electrons. The summed E-state index contributed by atoms with van der Waals surface area (Å²) in [6, 6.07) is 0.380. The maximum atomic E-state index is 5.91. The van der Waals surface area contributed by atoms with Crippen LogP contribution in [0.5, 0.6) is 0 Å². The van der Waals surface area contributed by atoms with Crippen LogP contribution in [0.1, 0.15) is 44.2 Å². The highest BCUT2D eigenvalue weighted by atomic mass is 15.4. The second-order valence-electron chi connectivity index (χ2n) is 4.15. The summed E-state index contributed by atoms with van der Waals surface area (Å²) >= 11 is 0. The van der Waals surface area contributed by atoms with Gasteiger partial charge in [-0.1, -0.05) is 12.1 Å². The average molecular weight is 194 g/mol. The predicted octanol–water partition coefficient (Wildman–Crippen LogP) is 1.28. The first-order chi connectivity index (χ1) is 6.81. The molecule has 1 saturated carbocycles. The van der Waals surface area contributed by atoms with Gasteiger partial charge in [-0.05, 0) is 25.7 Å². The van der Waals surface area contributed by atoms with Crippen molar-refractivity contribution < 1.29 is 0 Å². The number of hydrogen-bond acceptors (Lipinski definition) is 3. The van der Waals surface area contributed by atoms with Crippen LogP contribution in [0, 0.1) is 0 Å². The fraction of sp³-hybridized carbons (Fsp3) is 0.800. The van der Waals surface area contributed by atoms with E-state index in [9.17, 15) is 0 Å². The summed E-state index contributed by atoms with van der Waals surface area (Å²) in [6.45, 7) is 3.13. The van der Waals surface area contributed by atoms with Crippen LogP contribution < -0.4 is 5.73 Å². The number of nitrogens with zero attached hydrogens (tertiary/aromatic N) is 3. The van der Waals surface area contributed by atoms with Crippen molar-refractivity contribution in [2.75, 3.05) is 0 Å². The van der Waals surface area contributed by atoms with E-state index in [0.29, 0.717) is 12.0 Å². The van der Waals surface area contributed by atoms with Crippen LogP contribution in [0.15, 0.2) is 6.20 Å². The number of rotatable bonds is 3. The molecule has 1 fully saturated rings. The normalized spacial score (nSPS) is 27.0. The van der Waals surface area contributed by atoms with E-state index in [0.717, 1.165) is 25.8 Å². The number of aromatic nitrogens is 3. The molecule has 0 amide bonds. The van der Waals surface area contributed by atoms with E-state index in [-0.39, 0.29) is 0 Å². The summed E-state index contributed by atoms with van der Waals surface area (Å²) in [5.74, 6) is 0.589. The molecule has 14 heavy (non-hydrogen) atoms. The fourth-order valence-electron chi connectivity index (χ4n) is 2.25. The first kappa shape index (κ1) is 9.65. The Morgan fingerprint density at radius 1 is 1.57 bits per heavy atom. The summed E-state index contributed by atoms with van der Waals surface area (Å²) in [6.07, 6.45) is 6.44. The molecule has 4 nitrogen and oxygen atoms in total. The van der Waals surface area contributed by atoms with Crippen molar-refractivity contribution in [2.45, 2.75) is 51.1 Å². The van der Waals surface area contributed by atoms with Gasteiger partial charge in [0.25, 0.3) is 0 Å². The summed E-state index contributed by atoms with van der Waals surface area (Å²) in [7, 11) is 0. The van der Waals surface area contributed by atoms with Crippen LogP contribution in [0.3, 0.4) is 0 Å². The summed E-state index contributed by atoms with van der Waals surface area (Å²) < 4.78 is 2.03. The molecule has 1 heterocycles. The molecule has 0 bridgehead atoms. The van der Waals surface area contributed by atoms with E-state index in [4.69, 9.17) is 5.73 Å². The molecule has 2 N–H and O–H groups in total. The lowest BCUT2D eigenvalue weighted by molar-refractivity contribution is 0.523. The third kappa shape index (κ3) is 1.80. The molecule has 2 unspecified atom stereocenters. The van der Waals surface area contributed by atoms with E-state index in [1.807, 2.05) is 10.9 Å². The minimum absolute atomic E-state index is 0.380. The van der Waals surface area contributed by atoms with Crippen molar-refractivity contribution >= 4 is 0 Å². The van der Waals surface area contributed by atoms with Gasteiger partial charge in [0.2, 0.25) is 0 Å². The van der Waals surface area contributed by atoms with Crippen LogP contribution in [0.2, 0.25) is 0 Å². The largest absolute Gasteiger partial charge is 0.328 e. The van der Waals surface area contributed by atoms with Crippen molar-refractivity contribution in [3.05, 3.63) is 11.9 Å². The predicted molar refractivity (Wildman–Crippen MR) is 54.9 cm³/mol. The van der Waals surface area contributed by atoms with Crippen molar-refractivity contribution in [1.29, 1.82) is 0 Å². The molecule has 0 saturated heterocycles. The number of aryl methyl sites for hydroxylation is 1. The fourth-order valence-corrected chi connectivity index (χ4v) is 2.25. The van der Waals surface area contributed by atoms with Crippen molar-refractivity contribution in [1.82, 2.24) is 15.0 Å².